The molecule has 0 aliphatic carbocycles. The molecule has 106 valence electrons. The number of ether oxygens (including phenoxy) is 1. The lowest BCUT2D eigenvalue weighted by Gasteiger charge is -2.13. The molecule has 0 aliphatic rings. The lowest BCUT2D eigenvalue weighted by atomic mass is 10.1. The molecule has 1 rings (SSSR count). The topological polar surface area (TPSA) is 21.3 Å². The SMILES string of the molecule is C=CCSCCNC(C)CCc1ccc(OC)cc1. The number of rotatable bonds is 10. The molecular weight excluding hydrogens is 254 g/mol. The van der Waals surface area contributed by atoms with Gasteiger partial charge in [-0.1, -0.05) is 18.2 Å². The predicted molar refractivity (Wildman–Crippen MR) is 86.3 cm³/mol. The standard InChI is InChI=1S/C16H25NOS/c1-4-12-19-13-11-17-14(2)5-6-15-7-9-16(18-3)10-8-15/h4,7-10,14,17H,1,5-6,11-13H2,2-3H3. The van der Waals surface area contributed by atoms with Gasteiger partial charge in [-0.25, -0.2) is 0 Å². The van der Waals surface area contributed by atoms with Gasteiger partial charge in [0.15, 0.2) is 0 Å². The van der Waals surface area contributed by atoms with E-state index >= 15 is 0 Å². The maximum Gasteiger partial charge on any atom is 0.118 e. The molecule has 0 fully saturated rings. The summed E-state index contributed by atoms with van der Waals surface area (Å²) < 4.78 is 5.16. The Labute approximate surface area is 121 Å². The molecule has 3 heteroatoms. The van der Waals surface area contributed by atoms with Gasteiger partial charge >= 0.3 is 0 Å². The summed E-state index contributed by atoms with van der Waals surface area (Å²) in [5.74, 6) is 3.12. The lowest BCUT2D eigenvalue weighted by Crippen LogP contribution is -2.28. The third-order valence-corrected chi connectivity index (χ3v) is 3.96. The van der Waals surface area contributed by atoms with E-state index in [9.17, 15) is 0 Å². The Morgan fingerprint density at radius 1 is 1.37 bits per heavy atom. The monoisotopic (exact) mass is 279 g/mol. The molecule has 0 spiro atoms. The van der Waals surface area contributed by atoms with E-state index in [1.54, 1.807) is 7.11 Å². The zero-order chi connectivity index (χ0) is 13.9. The van der Waals surface area contributed by atoms with Crippen molar-refractivity contribution in [3.63, 3.8) is 0 Å². The van der Waals surface area contributed by atoms with Gasteiger partial charge in [-0.2, -0.15) is 11.8 Å². The summed E-state index contributed by atoms with van der Waals surface area (Å²) in [5, 5.41) is 3.55. The minimum atomic E-state index is 0.562. The average molecular weight is 279 g/mol. The molecule has 0 radical (unpaired) electrons. The molecule has 1 unspecified atom stereocenters. The van der Waals surface area contributed by atoms with Crippen molar-refractivity contribution in [1.29, 1.82) is 0 Å². The summed E-state index contributed by atoms with van der Waals surface area (Å²) in [4.78, 5) is 0. The van der Waals surface area contributed by atoms with Crippen LogP contribution in [0.3, 0.4) is 0 Å². The Balaban J connectivity index is 2.14. The molecule has 0 heterocycles. The zero-order valence-corrected chi connectivity index (χ0v) is 12.8. The summed E-state index contributed by atoms with van der Waals surface area (Å²) >= 11 is 1.92. The van der Waals surface area contributed by atoms with E-state index in [-0.39, 0.29) is 0 Å². The van der Waals surface area contributed by atoms with E-state index < -0.39 is 0 Å². The summed E-state index contributed by atoms with van der Waals surface area (Å²) in [7, 11) is 1.70. The number of benzene rings is 1. The Hall–Kier alpha value is -0.930. The maximum atomic E-state index is 5.16. The maximum absolute atomic E-state index is 5.16. The van der Waals surface area contributed by atoms with Crippen LogP contribution in [0.1, 0.15) is 18.9 Å². The Kier molecular flexibility index (Phi) is 8.43. The van der Waals surface area contributed by atoms with E-state index in [0.717, 1.165) is 30.2 Å². The second kappa shape index (κ2) is 9.93. The lowest BCUT2D eigenvalue weighted by molar-refractivity contribution is 0.414. The molecule has 0 amide bonds. The molecule has 2 nitrogen and oxygen atoms in total. The van der Waals surface area contributed by atoms with Crippen LogP contribution in [0.4, 0.5) is 0 Å². The van der Waals surface area contributed by atoms with E-state index in [0.29, 0.717) is 6.04 Å². The summed E-state index contributed by atoms with van der Waals surface area (Å²) in [6, 6.07) is 8.90. The summed E-state index contributed by atoms with van der Waals surface area (Å²) in [6.45, 7) is 7.04. The first kappa shape index (κ1) is 16.1. The van der Waals surface area contributed by atoms with Gasteiger partial charge in [-0.3, -0.25) is 0 Å². The van der Waals surface area contributed by atoms with E-state index in [1.165, 1.54) is 12.0 Å². The number of methoxy groups -OCH3 is 1. The van der Waals surface area contributed by atoms with Gasteiger partial charge in [-0.05, 0) is 37.5 Å². The second-order valence-corrected chi connectivity index (χ2v) is 5.76. The fraction of sp³-hybridized carbons (Fsp3) is 0.500. The Morgan fingerprint density at radius 2 is 2.11 bits per heavy atom. The minimum absolute atomic E-state index is 0.562. The largest absolute Gasteiger partial charge is 0.497 e. The summed E-state index contributed by atoms with van der Waals surface area (Å²) in [6.07, 6.45) is 4.23. The molecule has 1 N–H and O–H groups in total. The number of aryl methyl sites for hydroxylation is 1. The van der Waals surface area contributed by atoms with E-state index in [4.69, 9.17) is 4.74 Å². The summed E-state index contributed by atoms with van der Waals surface area (Å²) in [5.41, 5.74) is 1.37. The highest BCUT2D eigenvalue weighted by molar-refractivity contribution is 7.99. The van der Waals surface area contributed by atoms with Gasteiger partial charge < -0.3 is 10.1 Å². The van der Waals surface area contributed by atoms with Crippen LogP contribution in [0.2, 0.25) is 0 Å². The highest BCUT2D eigenvalue weighted by atomic mass is 32.2. The first-order chi connectivity index (χ1) is 9.26. The van der Waals surface area contributed by atoms with Crippen LogP contribution in [-0.4, -0.2) is 31.2 Å². The van der Waals surface area contributed by atoms with Crippen molar-refractivity contribution in [3.8, 4) is 5.75 Å². The van der Waals surface area contributed by atoms with Crippen LogP contribution >= 0.6 is 11.8 Å². The molecule has 1 aromatic rings. The molecule has 0 bridgehead atoms. The molecule has 0 saturated heterocycles. The molecule has 0 aromatic heterocycles. The Morgan fingerprint density at radius 3 is 2.74 bits per heavy atom. The molecule has 19 heavy (non-hydrogen) atoms. The average Bonchev–Trinajstić information content (AvgIpc) is 2.45. The van der Waals surface area contributed by atoms with Gasteiger partial charge in [0.1, 0.15) is 5.75 Å². The van der Waals surface area contributed by atoms with Crippen molar-refractivity contribution < 1.29 is 4.74 Å². The first-order valence-electron chi connectivity index (χ1n) is 6.81. The number of thioether (sulfide) groups is 1. The van der Waals surface area contributed by atoms with Crippen molar-refractivity contribution in [2.45, 2.75) is 25.8 Å². The van der Waals surface area contributed by atoms with Crippen molar-refractivity contribution in [2.75, 3.05) is 25.2 Å². The van der Waals surface area contributed by atoms with Gasteiger partial charge in [0.05, 0.1) is 7.11 Å². The van der Waals surface area contributed by atoms with Crippen LogP contribution in [0, 0.1) is 0 Å². The van der Waals surface area contributed by atoms with Crippen LogP contribution in [0.25, 0.3) is 0 Å². The van der Waals surface area contributed by atoms with Crippen LogP contribution < -0.4 is 10.1 Å². The molecule has 1 atom stereocenters. The van der Waals surface area contributed by atoms with Crippen LogP contribution in [0.5, 0.6) is 5.75 Å². The van der Waals surface area contributed by atoms with Gasteiger partial charge in [0, 0.05) is 24.1 Å². The van der Waals surface area contributed by atoms with Gasteiger partial charge in [-0.15, -0.1) is 6.58 Å². The number of hydrogen-bond donors (Lipinski definition) is 1. The quantitative estimate of drug-likeness (QED) is 0.523. The predicted octanol–water partition coefficient (Wildman–Crippen LogP) is 3.53. The fourth-order valence-electron chi connectivity index (χ4n) is 1.82. The van der Waals surface area contributed by atoms with Crippen molar-refractivity contribution in [2.24, 2.45) is 0 Å². The fourth-order valence-corrected chi connectivity index (χ4v) is 2.42. The molecule has 0 saturated carbocycles. The number of nitrogens with one attached hydrogen (secondary N) is 1. The first-order valence-corrected chi connectivity index (χ1v) is 7.96. The Bertz CT molecular complexity index is 350. The zero-order valence-electron chi connectivity index (χ0n) is 12.0. The molecule has 1 aromatic carbocycles. The minimum Gasteiger partial charge on any atom is -0.497 e. The van der Waals surface area contributed by atoms with E-state index in [1.807, 2.05) is 30.0 Å². The third kappa shape index (κ3) is 7.28. The van der Waals surface area contributed by atoms with Gasteiger partial charge in [0.25, 0.3) is 0 Å². The van der Waals surface area contributed by atoms with Crippen molar-refractivity contribution in [3.05, 3.63) is 42.5 Å². The number of hydrogen-bond acceptors (Lipinski definition) is 3. The van der Waals surface area contributed by atoms with Gasteiger partial charge in [0.2, 0.25) is 0 Å². The highest BCUT2D eigenvalue weighted by Crippen LogP contribution is 2.13. The normalized spacial score (nSPS) is 12.1. The van der Waals surface area contributed by atoms with E-state index in [2.05, 4.69) is 31.0 Å². The molecular formula is C16H25NOS. The van der Waals surface area contributed by atoms with Crippen LogP contribution in [-0.2, 0) is 6.42 Å². The third-order valence-electron chi connectivity index (χ3n) is 3.00. The second-order valence-electron chi connectivity index (χ2n) is 4.61. The van der Waals surface area contributed by atoms with Crippen LogP contribution in [0.15, 0.2) is 36.9 Å². The van der Waals surface area contributed by atoms with Crippen molar-refractivity contribution in [1.82, 2.24) is 5.32 Å². The van der Waals surface area contributed by atoms with Crippen molar-refractivity contribution >= 4 is 11.8 Å². The smallest absolute Gasteiger partial charge is 0.118 e. The highest BCUT2D eigenvalue weighted by Gasteiger charge is 2.02. The molecule has 0 aliphatic heterocycles.